The summed E-state index contributed by atoms with van der Waals surface area (Å²) in [6, 6.07) is 2.01. The van der Waals surface area contributed by atoms with Crippen molar-refractivity contribution in [2.24, 2.45) is 5.92 Å². The number of anilines is 2. The molecule has 2 N–H and O–H groups in total. The zero-order chi connectivity index (χ0) is 13.1. The van der Waals surface area contributed by atoms with Crippen LogP contribution in [-0.2, 0) is 0 Å². The van der Waals surface area contributed by atoms with Crippen LogP contribution < -0.4 is 10.2 Å². The summed E-state index contributed by atoms with van der Waals surface area (Å²) in [6.07, 6.45) is 0.781. The minimum Gasteiger partial charge on any atom is -0.393 e. The predicted octanol–water partition coefficient (Wildman–Crippen LogP) is 1.42. The van der Waals surface area contributed by atoms with Crippen LogP contribution in [-0.4, -0.2) is 40.8 Å². The van der Waals surface area contributed by atoms with E-state index >= 15 is 0 Å². The fraction of sp³-hybridized carbons (Fsp3) is 0.692. The molecule has 5 heteroatoms. The third kappa shape index (κ3) is 2.90. The minimum absolute atomic E-state index is 0.244. The van der Waals surface area contributed by atoms with E-state index in [2.05, 4.69) is 20.2 Å². The number of aliphatic hydroxyl groups is 1. The van der Waals surface area contributed by atoms with Gasteiger partial charge in [0.15, 0.2) is 0 Å². The van der Waals surface area contributed by atoms with Crippen molar-refractivity contribution in [3.05, 3.63) is 11.8 Å². The van der Waals surface area contributed by atoms with Crippen molar-refractivity contribution >= 4 is 11.8 Å². The molecule has 0 aliphatic carbocycles. The molecule has 0 aromatic carbocycles. The van der Waals surface area contributed by atoms with E-state index in [9.17, 15) is 5.11 Å². The quantitative estimate of drug-likeness (QED) is 0.846. The highest BCUT2D eigenvalue weighted by molar-refractivity contribution is 5.45. The second-order valence-corrected chi connectivity index (χ2v) is 4.96. The second-order valence-electron chi connectivity index (χ2n) is 4.96. The molecule has 1 aliphatic rings. The lowest BCUT2D eigenvalue weighted by atomic mass is 10.0. The van der Waals surface area contributed by atoms with Gasteiger partial charge in [0.2, 0.25) is 5.95 Å². The lowest BCUT2D eigenvalue weighted by Crippen LogP contribution is -2.25. The maximum absolute atomic E-state index is 9.64. The number of hydrogen-bond acceptors (Lipinski definition) is 5. The molecule has 1 saturated heterocycles. The molecule has 100 valence electrons. The van der Waals surface area contributed by atoms with Crippen molar-refractivity contribution in [1.29, 1.82) is 0 Å². The number of nitrogens with one attached hydrogen (secondary N) is 1. The van der Waals surface area contributed by atoms with Gasteiger partial charge in [-0.25, -0.2) is 4.98 Å². The summed E-state index contributed by atoms with van der Waals surface area (Å²) in [5.41, 5.74) is 0.969. The van der Waals surface area contributed by atoms with Crippen molar-refractivity contribution in [3.63, 3.8) is 0 Å². The Bertz CT molecular complexity index is 408. The van der Waals surface area contributed by atoms with Gasteiger partial charge in [-0.3, -0.25) is 0 Å². The van der Waals surface area contributed by atoms with E-state index in [1.54, 1.807) is 0 Å². The largest absolute Gasteiger partial charge is 0.393 e. The molecule has 1 aliphatic heterocycles. The molecule has 0 saturated carbocycles. The Morgan fingerprint density at radius 2 is 2.33 bits per heavy atom. The maximum Gasteiger partial charge on any atom is 0.224 e. The van der Waals surface area contributed by atoms with Gasteiger partial charge in [-0.05, 0) is 27.2 Å². The van der Waals surface area contributed by atoms with Gasteiger partial charge < -0.3 is 15.3 Å². The average Bonchev–Trinajstić information content (AvgIpc) is 2.78. The highest BCUT2D eigenvalue weighted by atomic mass is 16.3. The number of hydrogen-bond donors (Lipinski definition) is 2. The van der Waals surface area contributed by atoms with Gasteiger partial charge in [0.25, 0.3) is 0 Å². The first-order valence-corrected chi connectivity index (χ1v) is 6.62. The normalized spacial score (nSPS) is 21.1. The van der Waals surface area contributed by atoms with E-state index in [0.717, 1.165) is 37.6 Å². The van der Waals surface area contributed by atoms with E-state index in [1.165, 1.54) is 0 Å². The van der Waals surface area contributed by atoms with Crippen molar-refractivity contribution in [2.75, 3.05) is 29.9 Å². The van der Waals surface area contributed by atoms with Gasteiger partial charge in [-0.1, -0.05) is 0 Å². The Kier molecular flexibility index (Phi) is 4.01. The number of nitrogens with zero attached hydrogens (tertiary/aromatic N) is 3. The molecule has 1 aromatic rings. The summed E-state index contributed by atoms with van der Waals surface area (Å²) in [5.74, 6) is 2.00. The van der Waals surface area contributed by atoms with Crippen LogP contribution in [0.2, 0.25) is 0 Å². The molecule has 1 aromatic heterocycles. The van der Waals surface area contributed by atoms with Crippen molar-refractivity contribution in [2.45, 2.75) is 33.3 Å². The second kappa shape index (κ2) is 5.52. The fourth-order valence-corrected chi connectivity index (χ4v) is 2.34. The molecular weight excluding hydrogens is 228 g/mol. The maximum atomic E-state index is 9.64. The number of rotatable bonds is 4. The third-order valence-corrected chi connectivity index (χ3v) is 3.41. The lowest BCUT2D eigenvalue weighted by Gasteiger charge is -2.19. The summed E-state index contributed by atoms with van der Waals surface area (Å²) in [6.45, 7) is 8.53. The van der Waals surface area contributed by atoms with E-state index in [4.69, 9.17) is 0 Å². The SMILES string of the molecule is CCNc1nc(C)cc(N2CCC(C(C)O)C2)n1. The van der Waals surface area contributed by atoms with Gasteiger partial charge >= 0.3 is 0 Å². The highest BCUT2D eigenvalue weighted by Crippen LogP contribution is 2.25. The molecule has 2 unspecified atom stereocenters. The van der Waals surface area contributed by atoms with E-state index in [0.29, 0.717) is 11.9 Å². The molecule has 2 heterocycles. The number of aryl methyl sites for hydroxylation is 1. The van der Waals surface area contributed by atoms with Gasteiger partial charge in [-0.2, -0.15) is 4.98 Å². The monoisotopic (exact) mass is 250 g/mol. The molecule has 2 rings (SSSR count). The van der Waals surface area contributed by atoms with Crippen molar-refractivity contribution in [3.8, 4) is 0 Å². The van der Waals surface area contributed by atoms with Crippen LogP contribution >= 0.6 is 0 Å². The lowest BCUT2D eigenvalue weighted by molar-refractivity contribution is 0.136. The molecule has 1 fully saturated rings. The summed E-state index contributed by atoms with van der Waals surface area (Å²) in [4.78, 5) is 11.1. The summed E-state index contributed by atoms with van der Waals surface area (Å²) in [7, 11) is 0. The molecule has 0 spiro atoms. The Labute approximate surface area is 108 Å². The van der Waals surface area contributed by atoms with Crippen molar-refractivity contribution in [1.82, 2.24) is 9.97 Å². The molecule has 0 radical (unpaired) electrons. The minimum atomic E-state index is -0.244. The zero-order valence-electron chi connectivity index (χ0n) is 11.3. The van der Waals surface area contributed by atoms with Crippen LogP contribution in [0.3, 0.4) is 0 Å². The Hall–Kier alpha value is -1.36. The van der Waals surface area contributed by atoms with Crippen molar-refractivity contribution < 1.29 is 5.11 Å². The van der Waals surface area contributed by atoms with Crippen LogP contribution in [0.1, 0.15) is 26.0 Å². The van der Waals surface area contributed by atoms with Crippen LogP contribution in [0.25, 0.3) is 0 Å². The Morgan fingerprint density at radius 1 is 1.56 bits per heavy atom. The number of aliphatic hydroxyl groups excluding tert-OH is 1. The predicted molar refractivity (Wildman–Crippen MR) is 72.9 cm³/mol. The summed E-state index contributed by atoms with van der Waals surface area (Å²) in [5, 5.41) is 12.8. The van der Waals surface area contributed by atoms with E-state index in [-0.39, 0.29) is 6.10 Å². The first kappa shape index (κ1) is 13.1. The third-order valence-electron chi connectivity index (χ3n) is 3.41. The van der Waals surface area contributed by atoms with Gasteiger partial charge in [0, 0.05) is 37.3 Å². The standard InChI is InChI=1S/C13H22N4O/c1-4-14-13-15-9(2)7-12(16-13)17-6-5-11(8-17)10(3)18/h7,10-11,18H,4-6,8H2,1-3H3,(H,14,15,16). The van der Waals surface area contributed by atoms with E-state index < -0.39 is 0 Å². The van der Waals surface area contributed by atoms with Crippen LogP contribution in [0.15, 0.2) is 6.07 Å². The Morgan fingerprint density at radius 3 is 2.94 bits per heavy atom. The average molecular weight is 250 g/mol. The highest BCUT2D eigenvalue weighted by Gasteiger charge is 2.27. The molecule has 0 amide bonds. The van der Waals surface area contributed by atoms with Gasteiger partial charge in [-0.15, -0.1) is 0 Å². The smallest absolute Gasteiger partial charge is 0.224 e. The van der Waals surface area contributed by atoms with Crippen LogP contribution in [0, 0.1) is 12.8 Å². The van der Waals surface area contributed by atoms with Gasteiger partial charge in [0.1, 0.15) is 5.82 Å². The first-order chi connectivity index (χ1) is 8.60. The summed E-state index contributed by atoms with van der Waals surface area (Å²) < 4.78 is 0. The van der Waals surface area contributed by atoms with E-state index in [1.807, 2.05) is 26.8 Å². The van der Waals surface area contributed by atoms with Crippen LogP contribution in [0.5, 0.6) is 0 Å². The van der Waals surface area contributed by atoms with Crippen LogP contribution in [0.4, 0.5) is 11.8 Å². The molecule has 2 atom stereocenters. The fourth-order valence-electron chi connectivity index (χ4n) is 2.34. The molecule has 5 nitrogen and oxygen atoms in total. The molecular formula is C13H22N4O. The number of aromatic nitrogens is 2. The summed E-state index contributed by atoms with van der Waals surface area (Å²) >= 11 is 0. The molecule has 0 bridgehead atoms. The molecule has 18 heavy (non-hydrogen) atoms. The topological polar surface area (TPSA) is 61.3 Å². The Balaban J connectivity index is 2.13. The first-order valence-electron chi connectivity index (χ1n) is 6.62. The van der Waals surface area contributed by atoms with Gasteiger partial charge in [0.05, 0.1) is 6.10 Å². The zero-order valence-corrected chi connectivity index (χ0v) is 11.3.